The summed E-state index contributed by atoms with van der Waals surface area (Å²) in [5.41, 5.74) is 3.29. The van der Waals surface area contributed by atoms with Gasteiger partial charge in [0.2, 0.25) is 5.65 Å². The predicted molar refractivity (Wildman–Crippen MR) is 115 cm³/mol. The molecule has 29 heavy (non-hydrogen) atoms. The number of hydrogen-bond donors (Lipinski definition) is 0. The van der Waals surface area contributed by atoms with Gasteiger partial charge in [-0.1, -0.05) is 49.9 Å². The van der Waals surface area contributed by atoms with E-state index in [1.807, 2.05) is 42.6 Å². The van der Waals surface area contributed by atoms with Crippen LogP contribution < -0.4 is 10.3 Å². The summed E-state index contributed by atoms with van der Waals surface area (Å²) in [6, 6.07) is 15.9. The number of aromatic nitrogens is 4. The third-order valence-corrected chi connectivity index (χ3v) is 5.79. The molecule has 0 aliphatic rings. The molecule has 7 heteroatoms. The van der Waals surface area contributed by atoms with Crippen molar-refractivity contribution in [2.75, 3.05) is 7.11 Å². The van der Waals surface area contributed by atoms with Crippen LogP contribution in [0.2, 0.25) is 0 Å². The van der Waals surface area contributed by atoms with E-state index in [9.17, 15) is 4.79 Å². The largest absolute Gasteiger partial charge is 0.497 e. The zero-order chi connectivity index (χ0) is 20.4. The lowest BCUT2D eigenvalue weighted by Gasteiger charge is -2.09. The van der Waals surface area contributed by atoms with Gasteiger partial charge in [-0.3, -0.25) is 13.8 Å². The summed E-state index contributed by atoms with van der Waals surface area (Å²) in [6.07, 6.45) is 3.60. The fraction of sp³-hybridized carbons (Fsp3) is 0.227. The molecule has 0 amide bonds. The minimum absolute atomic E-state index is 0.189. The molecular formula is C22H22N4O2S. The fourth-order valence-corrected chi connectivity index (χ4v) is 3.96. The molecule has 2 heterocycles. The molecule has 0 fully saturated rings. The molecule has 0 unspecified atom stereocenters. The number of ether oxygens (including phenoxy) is 1. The van der Waals surface area contributed by atoms with E-state index in [1.165, 1.54) is 17.3 Å². The second kappa shape index (κ2) is 8.13. The molecule has 2 aromatic carbocycles. The van der Waals surface area contributed by atoms with Gasteiger partial charge in [-0.2, -0.15) is 0 Å². The van der Waals surface area contributed by atoms with Gasteiger partial charge >= 0.3 is 5.56 Å². The van der Waals surface area contributed by atoms with E-state index in [0.717, 1.165) is 17.0 Å². The lowest BCUT2D eigenvalue weighted by molar-refractivity contribution is 0.414. The fourth-order valence-electron chi connectivity index (χ4n) is 3.10. The van der Waals surface area contributed by atoms with Gasteiger partial charge in [0, 0.05) is 23.8 Å². The second-order valence-corrected chi connectivity index (χ2v) is 7.98. The summed E-state index contributed by atoms with van der Waals surface area (Å²) in [5.74, 6) is 1.97. The minimum atomic E-state index is -0.189. The van der Waals surface area contributed by atoms with E-state index < -0.39 is 0 Å². The number of thioether (sulfide) groups is 1. The number of benzene rings is 2. The molecule has 0 saturated heterocycles. The summed E-state index contributed by atoms with van der Waals surface area (Å²) >= 11 is 1.53. The Bertz CT molecular complexity index is 1200. The standard InChI is InChI=1S/C22H22N4O2S/c1-15(2)17-7-9-18(10-8-17)25-11-12-26-20(21(25)27)23-24-22(26)29-14-16-5-4-6-19(13-16)28-3/h4-13,15H,14H2,1-3H3. The van der Waals surface area contributed by atoms with Gasteiger partial charge in [-0.05, 0) is 41.3 Å². The first-order valence-electron chi connectivity index (χ1n) is 9.39. The molecule has 0 N–H and O–H groups in total. The van der Waals surface area contributed by atoms with Crippen LogP contribution in [0.3, 0.4) is 0 Å². The predicted octanol–water partition coefficient (Wildman–Crippen LogP) is 4.30. The number of nitrogens with zero attached hydrogens (tertiary/aromatic N) is 4. The lowest BCUT2D eigenvalue weighted by atomic mass is 10.0. The van der Waals surface area contributed by atoms with E-state index in [-0.39, 0.29) is 5.56 Å². The van der Waals surface area contributed by atoms with E-state index in [1.54, 1.807) is 22.3 Å². The van der Waals surface area contributed by atoms with Gasteiger partial charge in [0.1, 0.15) is 5.75 Å². The molecule has 0 aliphatic carbocycles. The van der Waals surface area contributed by atoms with Gasteiger partial charge in [-0.15, -0.1) is 10.2 Å². The van der Waals surface area contributed by atoms with Crippen LogP contribution in [-0.2, 0) is 5.75 Å². The quantitative estimate of drug-likeness (QED) is 0.447. The average Bonchev–Trinajstić information content (AvgIpc) is 3.17. The van der Waals surface area contributed by atoms with Crippen LogP contribution >= 0.6 is 11.8 Å². The second-order valence-electron chi connectivity index (χ2n) is 7.04. The van der Waals surface area contributed by atoms with Crippen LogP contribution in [0.15, 0.2) is 70.9 Å². The highest BCUT2D eigenvalue weighted by Gasteiger charge is 2.12. The first-order valence-corrected chi connectivity index (χ1v) is 10.4. The van der Waals surface area contributed by atoms with Crippen LogP contribution in [0, 0.1) is 0 Å². The maximum Gasteiger partial charge on any atom is 0.300 e. The third kappa shape index (κ3) is 3.91. The maximum atomic E-state index is 12.9. The Kier molecular flexibility index (Phi) is 5.40. The molecule has 0 aliphatic heterocycles. The van der Waals surface area contributed by atoms with Crippen molar-refractivity contribution >= 4 is 17.4 Å². The van der Waals surface area contributed by atoms with Gasteiger partial charge in [-0.25, -0.2) is 0 Å². The summed E-state index contributed by atoms with van der Waals surface area (Å²) < 4.78 is 8.61. The Morgan fingerprint density at radius 2 is 1.86 bits per heavy atom. The van der Waals surface area contributed by atoms with Crippen molar-refractivity contribution < 1.29 is 4.74 Å². The number of rotatable bonds is 6. The summed E-state index contributed by atoms with van der Waals surface area (Å²) in [6.45, 7) is 4.29. The van der Waals surface area contributed by atoms with Crippen molar-refractivity contribution in [3.8, 4) is 11.4 Å². The summed E-state index contributed by atoms with van der Waals surface area (Å²) in [7, 11) is 1.65. The molecule has 4 rings (SSSR count). The molecule has 0 bridgehead atoms. The molecule has 2 aromatic heterocycles. The Morgan fingerprint density at radius 1 is 1.07 bits per heavy atom. The molecule has 4 aromatic rings. The van der Waals surface area contributed by atoms with Crippen LogP contribution in [0.25, 0.3) is 11.3 Å². The third-order valence-electron chi connectivity index (χ3n) is 4.78. The SMILES string of the molecule is COc1cccc(CSc2nnc3c(=O)n(-c4ccc(C(C)C)cc4)ccn23)c1. The molecule has 0 atom stereocenters. The number of fused-ring (bicyclic) bond motifs is 1. The van der Waals surface area contributed by atoms with E-state index in [2.05, 4.69) is 36.2 Å². The molecule has 0 spiro atoms. The van der Waals surface area contributed by atoms with Crippen molar-refractivity contribution in [3.05, 3.63) is 82.4 Å². The van der Waals surface area contributed by atoms with E-state index in [0.29, 0.717) is 22.5 Å². The highest BCUT2D eigenvalue weighted by atomic mass is 32.2. The zero-order valence-corrected chi connectivity index (χ0v) is 17.4. The molecule has 0 radical (unpaired) electrons. The molecule has 6 nitrogen and oxygen atoms in total. The Labute approximate surface area is 173 Å². The molecule has 0 saturated carbocycles. The smallest absolute Gasteiger partial charge is 0.300 e. The minimum Gasteiger partial charge on any atom is -0.497 e. The van der Waals surface area contributed by atoms with Crippen molar-refractivity contribution in [1.82, 2.24) is 19.2 Å². The zero-order valence-electron chi connectivity index (χ0n) is 16.6. The van der Waals surface area contributed by atoms with Gasteiger partial charge < -0.3 is 4.74 Å². The highest BCUT2D eigenvalue weighted by Crippen LogP contribution is 2.23. The van der Waals surface area contributed by atoms with E-state index >= 15 is 0 Å². The van der Waals surface area contributed by atoms with Crippen molar-refractivity contribution in [1.29, 1.82) is 0 Å². The first kappa shape index (κ1) is 19.3. The Balaban J connectivity index is 1.61. The van der Waals surface area contributed by atoms with Crippen molar-refractivity contribution in [2.24, 2.45) is 0 Å². The first-order chi connectivity index (χ1) is 14.1. The summed E-state index contributed by atoms with van der Waals surface area (Å²) in [4.78, 5) is 12.9. The average molecular weight is 407 g/mol. The lowest BCUT2D eigenvalue weighted by Crippen LogP contribution is -2.20. The normalized spacial score (nSPS) is 11.3. The van der Waals surface area contributed by atoms with Crippen LogP contribution in [0.1, 0.15) is 30.9 Å². The molecule has 148 valence electrons. The van der Waals surface area contributed by atoms with Crippen LogP contribution in [-0.4, -0.2) is 26.3 Å². The summed E-state index contributed by atoms with van der Waals surface area (Å²) in [5, 5.41) is 9.03. The topological polar surface area (TPSA) is 61.4 Å². The Hall–Kier alpha value is -3.06. The maximum absolute atomic E-state index is 12.9. The number of hydrogen-bond acceptors (Lipinski definition) is 5. The van der Waals surface area contributed by atoms with Gasteiger partial charge in [0.05, 0.1) is 7.11 Å². The Morgan fingerprint density at radius 3 is 2.59 bits per heavy atom. The number of methoxy groups -OCH3 is 1. The molecular weight excluding hydrogens is 384 g/mol. The van der Waals surface area contributed by atoms with Crippen molar-refractivity contribution in [2.45, 2.75) is 30.7 Å². The van der Waals surface area contributed by atoms with Crippen LogP contribution in [0.5, 0.6) is 5.75 Å². The van der Waals surface area contributed by atoms with E-state index in [4.69, 9.17) is 4.74 Å². The van der Waals surface area contributed by atoms with Crippen molar-refractivity contribution in [3.63, 3.8) is 0 Å². The van der Waals surface area contributed by atoms with Gasteiger partial charge in [0.25, 0.3) is 0 Å². The highest BCUT2D eigenvalue weighted by molar-refractivity contribution is 7.98. The monoisotopic (exact) mass is 406 g/mol. The van der Waals surface area contributed by atoms with Crippen LogP contribution in [0.4, 0.5) is 0 Å². The van der Waals surface area contributed by atoms with Gasteiger partial charge in [0.15, 0.2) is 5.16 Å².